The van der Waals surface area contributed by atoms with Crippen molar-refractivity contribution in [3.8, 4) is 12.3 Å². The quantitative estimate of drug-likeness (QED) is 0.555. The van der Waals surface area contributed by atoms with E-state index in [0.717, 1.165) is 19.4 Å². The Morgan fingerprint density at radius 2 is 1.74 bits per heavy atom. The molecule has 0 spiro atoms. The Morgan fingerprint density at radius 3 is 2.21 bits per heavy atom. The number of rotatable bonds is 5. The third-order valence-corrected chi connectivity index (χ3v) is 9.18. The van der Waals surface area contributed by atoms with Gasteiger partial charge in [0.05, 0.1) is 6.10 Å². The standard InChI is InChI=1S/C16H30O2Si/c1-7-12-17-15-10-8-14(9-11-15)13-18-19(5,6)16(2,3)4/h1,14-15H,8-13H2,2-6H3/t14-,15-. The summed E-state index contributed by atoms with van der Waals surface area (Å²) < 4.78 is 11.9. The molecular formula is C16H30O2Si. The normalized spacial score (nSPS) is 25.1. The van der Waals surface area contributed by atoms with Crippen LogP contribution in [0, 0.1) is 18.3 Å². The average molecular weight is 283 g/mol. The molecule has 1 aliphatic carbocycles. The lowest BCUT2D eigenvalue weighted by Gasteiger charge is -2.38. The van der Waals surface area contributed by atoms with Crippen LogP contribution < -0.4 is 0 Å². The van der Waals surface area contributed by atoms with Crippen molar-refractivity contribution < 1.29 is 9.16 Å². The van der Waals surface area contributed by atoms with E-state index in [-0.39, 0.29) is 0 Å². The first-order valence-corrected chi connectivity index (χ1v) is 10.4. The second-order valence-electron chi connectivity index (χ2n) is 7.23. The lowest BCUT2D eigenvalue weighted by atomic mass is 9.88. The van der Waals surface area contributed by atoms with E-state index in [1.807, 2.05) is 0 Å². The molecule has 19 heavy (non-hydrogen) atoms. The minimum absolute atomic E-state index is 0.306. The van der Waals surface area contributed by atoms with Crippen molar-refractivity contribution in [1.82, 2.24) is 0 Å². The van der Waals surface area contributed by atoms with Crippen LogP contribution >= 0.6 is 0 Å². The number of hydrogen-bond acceptors (Lipinski definition) is 2. The fourth-order valence-corrected chi connectivity index (χ4v) is 3.26. The number of hydrogen-bond donors (Lipinski definition) is 0. The summed E-state index contributed by atoms with van der Waals surface area (Å²) in [4.78, 5) is 0. The highest BCUT2D eigenvalue weighted by molar-refractivity contribution is 6.74. The molecule has 0 aromatic rings. The molecule has 0 radical (unpaired) electrons. The van der Waals surface area contributed by atoms with Crippen LogP contribution in [-0.2, 0) is 9.16 Å². The molecule has 2 nitrogen and oxygen atoms in total. The molecule has 0 saturated heterocycles. The highest BCUT2D eigenvalue weighted by Gasteiger charge is 2.37. The highest BCUT2D eigenvalue weighted by Crippen LogP contribution is 2.37. The third kappa shape index (κ3) is 5.29. The van der Waals surface area contributed by atoms with Gasteiger partial charge in [0.25, 0.3) is 0 Å². The van der Waals surface area contributed by atoms with Crippen molar-refractivity contribution in [2.24, 2.45) is 5.92 Å². The molecule has 0 unspecified atom stereocenters. The molecule has 0 aromatic carbocycles. The molecule has 1 fully saturated rings. The molecule has 0 heterocycles. The maximum atomic E-state index is 6.32. The smallest absolute Gasteiger partial charge is 0.191 e. The van der Waals surface area contributed by atoms with Gasteiger partial charge in [0.15, 0.2) is 8.32 Å². The molecule has 0 aromatic heterocycles. The van der Waals surface area contributed by atoms with Gasteiger partial charge < -0.3 is 9.16 Å². The van der Waals surface area contributed by atoms with E-state index in [2.05, 4.69) is 39.8 Å². The molecule has 0 aliphatic heterocycles. The summed E-state index contributed by atoms with van der Waals surface area (Å²) in [5.74, 6) is 3.25. The Kier molecular flexibility index (Phi) is 6.10. The Hall–Kier alpha value is -0.303. The first-order chi connectivity index (χ1) is 8.76. The van der Waals surface area contributed by atoms with Crippen LogP contribution in [0.4, 0.5) is 0 Å². The molecule has 0 N–H and O–H groups in total. The van der Waals surface area contributed by atoms with Gasteiger partial charge in [0, 0.05) is 6.61 Å². The monoisotopic (exact) mass is 282 g/mol. The first-order valence-electron chi connectivity index (χ1n) is 7.45. The zero-order chi connectivity index (χ0) is 14.5. The van der Waals surface area contributed by atoms with Gasteiger partial charge in [-0.25, -0.2) is 0 Å². The first kappa shape index (κ1) is 16.8. The predicted octanol–water partition coefficient (Wildman–Crippen LogP) is 4.22. The van der Waals surface area contributed by atoms with E-state index in [9.17, 15) is 0 Å². The molecule has 1 saturated carbocycles. The summed E-state index contributed by atoms with van der Waals surface area (Å²) in [6.07, 6.45) is 10.3. The lowest BCUT2D eigenvalue weighted by molar-refractivity contribution is 0.0298. The van der Waals surface area contributed by atoms with Crippen LogP contribution in [0.2, 0.25) is 18.1 Å². The molecule has 1 rings (SSSR count). The summed E-state index contributed by atoms with van der Waals surface area (Å²) in [6, 6.07) is 0. The van der Waals surface area contributed by atoms with E-state index >= 15 is 0 Å². The SMILES string of the molecule is C#CCO[C@H]1CC[C@H](CO[Si](C)(C)C(C)(C)C)CC1. The van der Waals surface area contributed by atoms with Gasteiger partial charge in [-0.1, -0.05) is 26.7 Å². The topological polar surface area (TPSA) is 18.5 Å². The van der Waals surface area contributed by atoms with Crippen molar-refractivity contribution >= 4 is 8.32 Å². The summed E-state index contributed by atoms with van der Waals surface area (Å²) >= 11 is 0. The zero-order valence-corrected chi connectivity index (χ0v) is 14.3. The van der Waals surface area contributed by atoms with Gasteiger partial charge in [0.2, 0.25) is 0 Å². The van der Waals surface area contributed by atoms with Gasteiger partial charge >= 0.3 is 0 Å². The van der Waals surface area contributed by atoms with Crippen molar-refractivity contribution in [3.63, 3.8) is 0 Å². The summed E-state index contributed by atoms with van der Waals surface area (Å²) in [7, 11) is -1.58. The van der Waals surface area contributed by atoms with E-state index in [1.54, 1.807) is 0 Å². The van der Waals surface area contributed by atoms with Gasteiger partial charge in [0.1, 0.15) is 6.61 Å². The van der Waals surface area contributed by atoms with Crippen LogP contribution in [0.25, 0.3) is 0 Å². The molecule has 110 valence electrons. The molecule has 0 bridgehead atoms. The number of ether oxygens (including phenoxy) is 1. The van der Waals surface area contributed by atoms with Gasteiger partial charge in [-0.3, -0.25) is 0 Å². The second kappa shape index (κ2) is 6.92. The van der Waals surface area contributed by atoms with E-state index < -0.39 is 8.32 Å². The van der Waals surface area contributed by atoms with Gasteiger partial charge in [-0.2, -0.15) is 0 Å². The minimum Gasteiger partial charge on any atom is -0.417 e. The highest BCUT2D eigenvalue weighted by atomic mass is 28.4. The second-order valence-corrected chi connectivity index (χ2v) is 12.0. The Balaban J connectivity index is 2.29. The Labute approximate surface area is 120 Å². The predicted molar refractivity (Wildman–Crippen MR) is 83.7 cm³/mol. The maximum absolute atomic E-state index is 6.32. The van der Waals surface area contributed by atoms with Crippen molar-refractivity contribution in [1.29, 1.82) is 0 Å². The third-order valence-electron chi connectivity index (χ3n) is 4.68. The fraction of sp³-hybridized carbons (Fsp3) is 0.875. The van der Waals surface area contributed by atoms with Crippen molar-refractivity contribution in [2.45, 2.75) is 70.7 Å². The van der Waals surface area contributed by atoms with Gasteiger partial charge in [-0.05, 0) is 49.7 Å². The summed E-state index contributed by atoms with van der Waals surface area (Å²) in [5.41, 5.74) is 0. The Morgan fingerprint density at radius 1 is 1.16 bits per heavy atom. The molecule has 0 atom stereocenters. The van der Waals surface area contributed by atoms with E-state index in [0.29, 0.717) is 23.7 Å². The largest absolute Gasteiger partial charge is 0.417 e. The number of terminal acetylenes is 1. The maximum Gasteiger partial charge on any atom is 0.191 e. The summed E-state index contributed by atoms with van der Waals surface area (Å²) in [6.45, 7) is 12.9. The lowest BCUT2D eigenvalue weighted by Crippen LogP contribution is -2.42. The summed E-state index contributed by atoms with van der Waals surface area (Å²) in [5, 5.41) is 0.306. The zero-order valence-electron chi connectivity index (χ0n) is 13.3. The van der Waals surface area contributed by atoms with E-state index in [1.165, 1.54) is 12.8 Å². The van der Waals surface area contributed by atoms with E-state index in [4.69, 9.17) is 15.6 Å². The minimum atomic E-state index is -1.58. The fourth-order valence-electron chi connectivity index (χ4n) is 2.17. The van der Waals surface area contributed by atoms with Crippen LogP contribution in [-0.4, -0.2) is 27.6 Å². The molecular weight excluding hydrogens is 252 g/mol. The van der Waals surface area contributed by atoms with Crippen molar-refractivity contribution in [3.05, 3.63) is 0 Å². The van der Waals surface area contributed by atoms with Crippen LogP contribution in [0.3, 0.4) is 0 Å². The molecule has 1 aliphatic rings. The average Bonchev–Trinajstić information content (AvgIpc) is 2.34. The molecule has 3 heteroatoms. The van der Waals surface area contributed by atoms with Crippen molar-refractivity contribution in [2.75, 3.05) is 13.2 Å². The van der Waals surface area contributed by atoms with Crippen LogP contribution in [0.1, 0.15) is 46.5 Å². The van der Waals surface area contributed by atoms with Crippen LogP contribution in [0.5, 0.6) is 0 Å². The Bertz CT molecular complexity index is 304. The van der Waals surface area contributed by atoms with Gasteiger partial charge in [-0.15, -0.1) is 6.42 Å². The van der Waals surface area contributed by atoms with Crippen LogP contribution in [0.15, 0.2) is 0 Å². The molecule has 0 amide bonds.